The summed E-state index contributed by atoms with van der Waals surface area (Å²) in [4.78, 5) is 4.94. The van der Waals surface area contributed by atoms with Crippen LogP contribution < -0.4 is 5.73 Å². The fraction of sp³-hybridized carbons (Fsp3) is 0.692. The van der Waals surface area contributed by atoms with Crippen LogP contribution in [-0.4, -0.2) is 49.1 Å². The van der Waals surface area contributed by atoms with Crippen LogP contribution in [0.2, 0.25) is 0 Å². The molecule has 1 saturated heterocycles. The lowest BCUT2D eigenvalue weighted by Crippen LogP contribution is -2.49. The van der Waals surface area contributed by atoms with Crippen LogP contribution >= 0.6 is 15.9 Å². The standard InChI is InChI=1S/C13H22BrN3O/c1-2-5-16-6-8-17(9-7-16)11(10-15)12-3-4-13(14)18-12/h3-4,11H,2,5-10,15H2,1H3. The molecule has 2 N–H and O–H groups in total. The van der Waals surface area contributed by atoms with E-state index in [0.717, 1.165) is 36.6 Å². The van der Waals surface area contributed by atoms with E-state index >= 15 is 0 Å². The largest absolute Gasteiger partial charge is 0.453 e. The van der Waals surface area contributed by atoms with Gasteiger partial charge in [0, 0.05) is 32.7 Å². The normalized spacial score (nSPS) is 20.2. The van der Waals surface area contributed by atoms with Gasteiger partial charge in [-0.3, -0.25) is 4.90 Å². The van der Waals surface area contributed by atoms with Crippen molar-refractivity contribution in [2.45, 2.75) is 19.4 Å². The summed E-state index contributed by atoms with van der Waals surface area (Å²) in [6.45, 7) is 8.44. The van der Waals surface area contributed by atoms with Crippen molar-refractivity contribution >= 4 is 15.9 Å². The van der Waals surface area contributed by atoms with Crippen LogP contribution in [0.3, 0.4) is 0 Å². The summed E-state index contributed by atoms with van der Waals surface area (Å²) in [5.41, 5.74) is 5.91. The number of piperazine rings is 1. The van der Waals surface area contributed by atoms with Crippen LogP contribution in [-0.2, 0) is 0 Å². The maximum absolute atomic E-state index is 5.91. The molecule has 1 fully saturated rings. The average molecular weight is 316 g/mol. The smallest absolute Gasteiger partial charge is 0.169 e. The maximum atomic E-state index is 5.91. The Bertz CT molecular complexity index is 361. The van der Waals surface area contributed by atoms with Crippen molar-refractivity contribution in [3.05, 3.63) is 22.6 Å². The van der Waals surface area contributed by atoms with Crippen LogP contribution in [0, 0.1) is 0 Å². The van der Waals surface area contributed by atoms with E-state index in [2.05, 4.69) is 32.7 Å². The molecule has 1 aromatic heterocycles. The van der Waals surface area contributed by atoms with E-state index in [-0.39, 0.29) is 6.04 Å². The van der Waals surface area contributed by atoms with Crippen LogP contribution in [0.15, 0.2) is 21.2 Å². The lowest BCUT2D eigenvalue weighted by atomic mass is 10.1. The molecule has 0 saturated carbocycles. The van der Waals surface area contributed by atoms with E-state index in [1.165, 1.54) is 13.0 Å². The highest BCUT2D eigenvalue weighted by molar-refractivity contribution is 9.10. The van der Waals surface area contributed by atoms with Crippen LogP contribution in [0.1, 0.15) is 25.1 Å². The molecule has 2 rings (SSSR count). The van der Waals surface area contributed by atoms with Crippen molar-refractivity contribution in [2.24, 2.45) is 5.73 Å². The molecular formula is C13H22BrN3O. The summed E-state index contributed by atoms with van der Waals surface area (Å²) in [6.07, 6.45) is 1.23. The molecule has 18 heavy (non-hydrogen) atoms. The average Bonchev–Trinajstić information content (AvgIpc) is 2.79. The third-order valence-electron chi connectivity index (χ3n) is 3.53. The minimum Gasteiger partial charge on any atom is -0.453 e. The van der Waals surface area contributed by atoms with Gasteiger partial charge < -0.3 is 15.1 Å². The summed E-state index contributed by atoms with van der Waals surface area (Å²) < 4.78 is 6.42. The predicted octanol–water partition coefficient (Wildman–Crippen LogP) is 2.07. The van der Waals surface area contributed by atoms with Crippen molar-refractivity contribution in [2.75, 3.05) is 39.3 Å². The van der Waals surface area contributed by atoms with Gasteiger partial charge in [-0.1, -0.05) is 6.92 Å². The van der Waals surface area contributed by atoms with Crippen molar-refractivity contribution in [3.63, 3.8) is 0 Å². The minimum atomic E-state index is 0.208. The third-order valence-corrected chi connectivity index (χ3v) is 3.96. The molecule has 0 amide bonds. The molecule has 4 nitrogen and oxygen atoms in total. The molecule has 1 aliphatic rings. The second kappa shape index (κ2) is 6.70. The van der Waals surface area contributed by atoms with E-state index in [1.807, 2.05) is 12.1 Å². The van der Waals surface area contributed by atoms with E-state index in [4.69, 9.17) is 10.2 Å². The molecule has 0 radical (unpaired) electrons. The summed E-state index contributed by atoms with van der Waals surface area (Å²) >= 11 is 3.35. The van der Waals surface area contributed by atoms with Gasteiger partial charge in [-0.2, -0.15) is 0 Å². The molecule has 1 unspecified atom stereocenters. The van der Waals surface area contributed by atoms with Gasteiger partial charge in [0.1, 0.15) is 5.76 Å². The highest BCUT2D eigenvalue weighted by Crippen LogP contribution is 2.25. The zero-order valence-electron chi connectivity index (χ0n) is 10.9. The van der Waals surface area contributed by atoms with Gasteiger partial charge in [-0.15, -0.1) is 0 Å². The van der Waals surface area contributed by atoms with E-state index in [1.54, 1.807) is 0 Å². The lowest BCUT2D eigenvalue weighted by molar-refractivity contribution is 0.0892. The van der Waals surface area contributed by atoms with Crippen molar-refractivity contribution in [1.82, 2.24) is 9.80 Å². The Kier molecular flexibility index (Phi) is 5.24. The van der Waals surface area contributed by atoms with Crippen molar-refractivity contribution in [3.8, 4) is 0 Å². The van der Waals surface area contributed by atoms with Crippen molar-refractivity contribution in [1.29, 1.82) is 0 Å². The van der Waals surface area contributed by atoms with Gasteiger partial charge in [-0.25, -0.2) is 0 Å². The molecule has 0 aliphatic carbocycles. The van der Waals surface area contributed by atoms with Crippen LogP contribution in [0.25, 0.3) is 0 Å². The SMILES string of the molecule is CCCN1CCN(C(CN)c2ccc(Br)o2)CC1. The molecule has 0 aromatic carbocycles. The number of hydrogen-bond donors (Lipinski definition) is 1. The van der Waals surface area contributed by atoms with Crippen LogP contribution in [0.4, 0.5) is 0 Å². The van der Waals surface area contributed by atoms with E-state index in [9.17, 15) is 0 Å². The summed E-state index contributed by atoms with van der Waals surface area (Å²) in [5.74, 6) is 0.966. The van der Waals surface area contributed by atoms with Gasteiger partial charge in [0.05, 0.1) is 6.04 Å². The number of rotatable bonds is 5. The fourth-order valence-electron chi connectivity index (χ4n) is 2.57. The van der Waals surface area contributed by atoms with Gasteiger partial charge in [0.15, 0.2) is 4.67 Å². The molecule has 1 atom stereocenters. The molecular weight excluding hydrogens is 294 g/mol. The first-order valence-electron chi connectivity index (χ1n) is 6.66. The number of halogens is 1. The Morgan fingerprint density at radius 2 is 2.06 bits per heavy atom. The Hall–Kier alpha value is -0.360. The number of furan rings is 1. The van der Waals surface area contributed by atoms with Gasteiger partial charge in [0.25, 0.3) is 0 Å². The fourth-order valence-corrected chi connectivity index (χ4v) is 2.89. The predicted molar refractivity (Wildman–Crippen MR) is 76.5 cm³/mol. The Morgan fingerprint density at radius 3 is 2.56 bits per heavy atom. The lowest BCUT2D eigenvalue weighted by Gasteiger charge is -2.38. The zero-order valence-corrected chi connectivity index (χ0v) is 12.5. The number of nitrogens with two attached hydrogens (primary N) is 1. The Balaban J connectivity index is 1.94. The van der Waals surface area contributed by atoms with Gasteiger partial charge in [0.2, 0.25) is 0 Å². The molecule has 1 aliphatic heterocycles. The topological polar surface area (TPSA) is 45.6 Å². The van der Waals surface area contributed by atoms with Crippen molar-refractivity contribution < 1.29 is 4.42 Å². The summed E-state index contributed by atoms with van der Waals surface area (Å²) in [5, 5.41) is 0. The first-order valence-corrected chi connectivity index (χ1v) is 7.45. The zero-order chi connectivity index (χ0) is 13.0. The molecule has 102 valence electrons. The quantitative estimate of drug-likeness (QED) is 0.903. The molecule has 2 heterocycles. The summed E-state index contributed by atoms with van der Waals surface area (Å²) in [7, 11) is 0. The molecule has 0 spiro atoms. The number of nitrogens with zero attached hydrogens (tertiary/aromatic N) is 2. The Labute approximate surface area is 117 Å². The van der Waals surface area contributed by atoms with Gasteiger partial charge in [-0.05, 0) is 41.0 Å². The number of hydrogen-bond acceptors (Lipinski definition) is 4. The first-order chi connectivity index (χ1) is 8.74. The highest BCUT2D eigenvalue weighted by Gasteiger charge is 2.25. The molecule has 5 heteroatoms. The van der Waals surface area contributed by atoms with Gasteiger partial charge >= 0.3 is 0 Å². The second-order valence-corrected chi connectivity index (χ2v) is 5.55. The monoisotopic (exact) mass is 315 g/mol. The van der Waals surface area contributed by atoms with E-state index in [0.29, 0.717) is 6.54 Å². The molecule has 0 bridgehead atoms. The second-order valence-electron chi connectivity index (χ2n) is 4.77. The highest BCUT2D eigenvalue weighted by atomic mass is 79.9. The third kappa shape index (κ3) is 3.35. The Morgan fingerprint density at radius 1 is 1.33 bits per heavy atom. The molecule has 1 aromatic rings. The maximum Gasteiger partial charge on any atom is 0.169 e. The summed E-state index contributed by atoms with van der Waals surface area (Å²) in [6, 6.07) is 4.16. The first kappa shape index (κ1) is 14.1. The van der Waals surface area contributed by atoms with Crippen LogP contribution in [0.5, 0.6) is 0 Å². The minimum absolute atomic E-state index is 0.208. The van der Waals surface area contributed by atoms with E-state index < -0.39 is 0 Å².